The number of hydrogen-bond acceptors (Lipinski definition) is 5. The van der Waals surface area contributed by atoms with Crippen molar-refractivity contribution >= 4 is 21.7 Å². The van der Waals surface area contributed by atoms with E-state index in [9.17, 15) is 8.42 Å². The van der Waals surface area contributed by atoms with Gasteiger partial charge in [0, 0.05) is 20.1 Å². The topological polar surface area (TPSA) is 83.1 Å². The minimum Gasteiger partial charge on any atom is -0.373 e. The number of hydrogen-bond donors (Lipinski definition) is 3. The molecule has 1 aromatic rings. The van der Waals surface area contributed by atoms with Crippen molar-refractivity contribution in [3.63, 3.8) is 0 Å². The standard InChI is InChI=1S/C9H16N4O2S/c1-10-8-4-3-5-9(13-8)11-6-7-12-16(2,14)15/h3-5,12H,6-7H2,1-2H3,(H2,10,11,13). The van der Waals surface area contributed by atoms with Gasteiger partial charge in [0.2, 0.25) is 10.0 Å². The highest BCUT2D eigenvalue weighted by atomic mass is 32.2. The van der Waals surface area contributed by atoms with Crippen LogP contribution in [0.2, 0.25) is 0 Å². The van der Waals surface area contributed by atoms with Crippen LogP contribution in [0.15, 0.2) is 18.2 Å². The predicted molar refractivity (Wildman–Crippen MR) is 65.1 cm³/mol. The minimum atomic E-state index is -3.11. The molecule has 0 aliphatic carbocycles. The highest BCUT2D eigenvalue weighted by molar-refractivity contribution is 7.88. The molecule has 0 spiro atoms. The summed E-state index contributed by atoms with van der Waals surface area (Å²) in [5, 5.41) is 5.93. The van der Waals surface area contributed by atoms with Crippen molar-refractivity contribution < 1.29 is 8.42 Å². The molecule has 0 aliphatic rings. The zero-order valence-electron chi connectivity index (χ0n) is 9.32. The van der Waals surface area contributed by atoms with Crippen molar-refractivity contribution in [1.82, 2.24) is 9.71 Å². The zero-order chi connectivity index (χ0) is 12.0. The maximum absolute atomic E-state index is 10.8. The van der Waals surface area contributed by atoms with Crippen LogP contribution in [0.25, 0.3) is 0 Å². The third-order valence-corrected chi connectivity index (χ3v) is 2.53. The summed E-state index contributed by atoms with van der Waals surface area (Å²) in [6.45, 7) is 0.831. The third kappa shape index (κ3) is 4.94. The van der Waals surface area contributed by atoms with Crippen LogP contribution in [0.1, 0.15) is 0 Å². The molecule has 0 saturated heterocycles. The van der Waals surface area contributed by atoms with E-state index in [2.05, 4.69) is 20.3 Å². The quantitative estimate of drug-likeness (QED) is 0.617. The molecule has 0 atom stereocenters. The number of rotatable bonds is 6. The van der Waals surface area contributed by atoms with Crippen LogP contribution in [0.4, 0.5) is 11.6 Å². The van der Waals surface area contributed by atoms with Gasteiger partial charge in [-0.2, -0.15) is 0 Å². The minimum absolute atomic E-state index is 0.338. The van der Waals surface area contributed by atoms with Gasteiger partial charge < -0.3 is 10.6 Å². The van der Waals surface area contributed by atoms with Crippen LogP contribution in [0.3, 0.4) is 0 Å². The Morgan fingerprint density at radius 2 is 1.94 bits per heavy atom. The summed E-state index contributed by atoms with van der Waals surface area (Å²) < 4.78 is 23.9. The van der Waals surface area contributed by atoms with Gasteiger partial charge in [0.1, 0.15) is 11.6 Å². The molecule has 16 heavy (non-hydrogen) atoms. The highest BCUT2D eigenvalue weighted by Crippen LogP contribution is 2.07. The van der Waals surface area contributed by atoms with Crippen molar-refractivity contribution in [1.29, 1.82) is 0 Å². The molecule has 0 amide bonds. The molecule has 0 unspecified atom stereocenters. The van der Waals surface area contributed by atoms with Crippen LogP contribution in [-0.2, 0) is 10.0 Å². The van der Waals surface area contributed by atoms with E-state index < -0.39 is 10.0 Å². The molecule has 0 fully saturated rings. The first-order chi connectivity index (χ1) is 7.51. The fourth-order valence-corrected chi connectivity index (χ4v) is 1.57. The molecule has 0 bridgehead atoms. The first-order valence-electron chi connectivity index (χ1n) is 4.84. The molecule has 1 rings (SSSR count). The van der Waals surface area contributed by atoms with E-state index in [1.165, 1.54) is 0 Å². The molecule has 1 heterocycles. The fourth-order valence-electron chi connectivity index (χ4n) is 1.10. The Hall–Kier alpha value is -1.34. The van der Waals surface area contributed by atoms with Gasteiger partial charge in [0.05, 0.1) is 6.26 Å². The largest absolute Gasteiger partial charge is 0.373 e. The summed E-state index contributed by atoms with van der Waals surface area (Å²) in [4.78, 5) is 4.23. The van der Waals surface area contributed by atoms with Crippen molar-refractivity contribution in [2.24, 2.45) is 0 Å². The van der Waals surface area contributed by atoms with Gasteiger partial charge >= 0.3 is 0 Å². The van der Waals surface area contributed by atoms with E-state index in [0.717, 1.165) is 12.1 Å². The van der Waals surface area contributed by atoms with Crippen molar-refractivity contribution in [3.05, 3.63) is 18.2 Å². The molecular weight excluding hydrogens is 228 g/mol. The van der Waals surface area contributed by atoms with E-state index in [0.29, 0.717) is 18.9 Å². The number of anilines is 2. The van der Waals surface area contributed by atoms with E-state index in [-0.39, 0.29) is 0 Å². The van der Waals surface area contributed by atoms with Crippen molar-refractivity contribution in [3.8, 4) is 0 Å². The summed E-state index contributed by atoms with van der Waals surface area (Å²) in [7, 11) is -1.33. The maximum Gasteiger partial charge on any atom is 0.208 e. The Bertz CT molecular complexity index is 433. The average molecular weight is 244 g/mol. The van der Waals surface area contributed by atoms with Gasteiger partial charge in [-0.15, -0.1) is 0 Å². The van der Waals surface area contributed by atoms with Crippen molar-refractivity contribution in [2.75, 3.05) is 37.0 Å². The summed E-state index contributed by atoms with van der Waals surface area (Å²) >= 11 is 0. The number of pyridine rings is 1. The molecule has 3 N–H and O–H groups in total. The normalized spacial score (nSPS) is 11.1. The summed E-state index contributed by atoms with van der Waals surface area (Å²) in [5.41, 5.74) is 0. The highest BCUT2D eigenvalue weighted by Gasteiger charge is 1.99. The summed E-state index contributed by atoms with van der Waals surface area (Å²) in [6, 6.07) is 5.53. The molecule has 0 aromatic carbocycles. The summed E-state index contributed by atoms with van der Waals surface area (Å²) in [5.74, 6) is 1.48. The van der Waals surface area contributed by atoms with Crippen LogP contribution < -0.4 is 15.4 Å². The number of aromatic nitrogens is 1. The number of nitrogens with one attached hydrogen (secondary N) is 3. The third-order valence-electron chi connectivity index (χ3n) is 1.80. The molecule has 6 nitrogen and oxygen atoms in total. The molecule has 0 saturated carbocycles. The molecular formula is C9H16N4O2S. The molecule has 0 aliphatic heterocycles. The maximum atomic E-state index is 10.8. The van der Waals surface area contributed by atoms with Crippen LogP contribution in [0.5, 0.6) is 0 Å². The van der Waals surface area contributed by atoms with E-state index >= 15 is 0 Å². The smallest absolute Gasteiger partial charge is 0.208 e. The Labute approximate surface area is 95.5 Å². The lowest BCUT2D eigenvalue weighted by Gasteiger charge is -2.07. The number of sulfonamides is 1. The van der Waals surface area contributed by atoms with Crippen molar-refractivity contribution in [2.45, 2.75) is 0 Å². The summed E-state index contributed by atoms with van der Waals surface area (Å²) in [6.07, 6.45) is 1.13. The number of nitrogens with zero attached hydrogens (tertiary/aromatic N) is 1. The Morgan fingerprint density at radius 3 is 2.56 bits per heavy atom. The monoisotopic (exact) mass is 244 g/mol. The first-order valence-corrected chi connectivity index (χ1v) is 6.74. The van der Waals surface area contributed by atoms with Crippen LogP contribution in [-0.4, -0.2) is 39.8 Å². The second-order valence-corrected chi connectivity index (χ2v) is 5.08. The van der Waals surface area contributed by atoms with E-state index in [1.807, 2.05) is 18.2 Å². The molecule has 0 radical (unpaired) electrons. The van der Waals surface area contributed by atoms with Gasteiger partial charge in [-0.25, -0.2) is 18.1 Å². The Kier molecular flexibility index (Phi) is 4.51. The second kappa shape index (κ2) is 5.66. The average Bonchev–Trinajstić information content (AvgIpc) is 2.23. The zero-order valence-corrected chi connectivity index (χ0v) is 10.1. The predicted octanol–water partition coefficient (Wildman–Crippen LogP) is 0.0844. The van der Waals surface area contributed by atoms with Gasteiger partial charge in [-0.1, -0.05) is 6.07 Å². The second-order valence-electron chi connectivity index (χ2n) is 3.25. The lowest BCUT2D eigenvalue weighted by molar-refractivity contribution is 0.589. The van der Waals surface area contributed by atoms with E-state index in [4.69, 9.17) is 0 Å². The van der Waals surface area contributed by atoms with E-state index in [1.54, 1.807) is 7.05 Å². The lowest BCUT2D eigenvalue weighted by atomic mass is 10.4. The lowest BCUT2D eigenvalue weighted by Crippen LogP contribution is -2.27. The molecule has 7 heteroatoms. The first kappa shape index (κ1) is 12.7. The van der Waals surface area contributed by atoms with Gasteiger partial charge in [-0.3, -0.25) is 0 Å². The van der Waals surface area contributed by atoms with Crippen LogP contribution in [0, 0.1) is 0 Å². The Balaban J connectivity index is 2.37. The van der Waals surface area contributed by atoms with Crippen LogP contribution >= 0.6 is 0 Å². The fraction of sp³-hybridized carbons (Fsp3) is 0.444. The Morgan fingerprint density at radius 1 is 1.25 bits per heavy atom. The SMILES string of the molecule is CNc1cccc(NCCNS(C)(=O)=O)n1. The molecule has 90 valence electrons. The van der Waals surface area contributed by atoms with Gasteiger partial charge in [0.25, 0.3) is 0 Å². The van der Waals surface area contributed by atoms with Gasteiger partial charge in [-0.05, 0) is 12.1 Å². The van der Waals surface area contributed by atoms with Gasteiger partial charge in [0.15, 0.2) is 0 Å². The molecule has 1 aromatic heterocycles.